The Morgan fingerprint density at radius 1 is 1.39 bits per heavy atom. The zero-order valence-electron chi connectivity index (χ0n) is 10.4. The average Bonchev–Trinajstić information content (AvgIpc) is 2.70. The van der Waals surface area contributed by atoms with Crippen molar-refractivity contribution in [2.45, 2.75) is 13.5 Å². The summed E-state index contributed by atoms with van der Waals surface area (Å²) in [5.41, 5.74) is 2.82. The highest BCUT2D eigenvalue weighted by Crippen LogP contribution is 2.15. The van der Waals surface area contributed by atoms with Gasteiger partial charge in [-0.25, -0.2) is 0 Å². The SMILES string of the molecule is Cc1cc(Br)cc(C(=O)NCc2cccn2C)c1. The molecule has 1 aromatic carbocycles. The molecule has 3 nitrogen and oxygen atoms in total. The Bertz CT molecular complexity index is 555. The number of carbonyl (C=O) groups excluding carboxylic acids is 1. The van der Waals surface area contributed by atoms with Crippen LogP contribution in [0.5, 0.6) is 0 Å². The molecule has 4 heteroatoms. The second-order valence-corrected chi connectivity index (χ2v) is 5.23. The number of amides is 1. The second kappa shape index (κ2) is 5.40. The summed E-state index contributed by atoms with van der Waals surface area (Å²) in [5, 5.41) is 2.92. The molecule has 0 saturated heterocycles. The van der Waals surface area contributed by atoms with Crippen molar-refractivity contribution in [2.24, 2.45) is 7.05 Å². The monoisotopic (exact) mass is 306 g/mol. The summed E-state index contributed by atoms with van der Waals surface area (Å²) in [6.45, 7) is 2.51. The predicted octanol–water partition coefficient (Wildman–Crippen LogP) is 3.03. The third kappa shape index (κ3) is 3.01. The Hall–Kier alpha value is -1.55. The second-order valence-electron chi connectivity index (χ2n) is 4.31. The van der Waals surface area contributed by atoms with Crippen LogP contribution in [0, 0.1) is 6.92 Å². The number of aryl methyl sites for hydroxylation is 2. The van der Waals surface area contributed by atoms with E-state index < -0.39 is 0 Å². The maximum Gasteiger partial charge on any atom is 0.251 e. The number of rotatable bonds is 3. The van der Waals surface area contributed by atoms with Gasteiger partial charge in [0.2, 0.25) is 0 Å². The maximum atomic E-state index is 12.0. The molecule has 1 heterocycles. The highest BCUT2D eigenvalue weighted by atomic mass is 79.9. The van der Waals surface area contributed by atoms with Crippen molar-refractivity contribution in [1.29, 1.82) is 0 Å². The first kappa shape index (κ1) is 12.9. The third-order valence-corrected chi connectivity index (χ3v) is 3.24. The van der Waals surface area contributed by atoms with Crippen molar-refractivity contribution in [1.82, 2.24) is 9.88 Å². The molecule has 0 aliphatic rings. The Labute approximate surface area is 115 Å². The van der Waals surface area contributed by atoms with Crippen LogP contribution in [0.4, 0.5) is 0 Å². The quantitative estimate of drug-likeness (QED) is 0.929. The van der Waals surface area contributed by atoms with Crippen LogP contribution in [0.1, 0.15) is 21.6 Å². The summed E-state index contributed by atoms with van der Waals surface area (Å²) in [6, 6.07) is 9.64. The molecule has 18 heavy (non-hydrogen) atoms. The van der Waals surface area contributed by atoms with Crippen LogP contribution in [-0.2, 0) is 13.6 Å². The van der Waals surface area contributed by atoms with Crippen molar-refractivity contribution in [3.05, 3.63) is 57.8 Å². The minimum Gasteiger partial charge on any atom is -0.353 e. The topological polar surface area (TPSA) is 34.0 Å². The molecule has 1 N–H and O–H groups in total. The summed E-state index contributed by atoms with van der Waals surface area (Å²) in [5.74, 6) is -0.0550. The Kier molecular flexibility index (Phi) is 3.87. The van der Waals surface area contributed by atoms with Gasteiger partial charge >= 0.3 is 0 Å². The lowest BCUT2D eigenvalue weighted by molar-refractivity contribution is 0.0950. The number of nitrogens with one attached hydrogen (secondary N) is 1. The minimum absolute atomic E-state index is 0.0550. The van der Waals surface area contributed by atoms with Gasteiger partial charge in [-0.1, -0.05) is 15.9 Å². The minimum atomic E-state index is -0.0550. The molecule has 0 saturated carbocycles. The highest BCUT2D eigenvalue weighted by molar-refractivity contribution is 9.10. The lowest BCUT2D eigenvalue weighted by atomic mass is 10.1. The van der Waals surface area contributed by atoms with E-state index in [4.69, 9.17) is 0 Å². The van der Waals surface area contributed by atoms with Gasteiger partial charge in [-0.15, -0.1) is 0 Å². The van der Waals surface area contributed by atoms with E-state index >= 15 is 0 Å². The van der Waals surface area contributed by atoms with E-state index in [0.717, 1.165) is 15.7 Å². The molecule has 0 spiro atoms. The molecule has 0 fully saturated rings. The van der Waals surface area contributed by atoms with Crippen LogP contribution in [0.2, 0.25) is 0 Å². The lowest BCUT2D eigenvalue weighted by Gasteiger charge is -2.07. The van der Waals surface area contributed by atoms with Gasteiger partial charge in [0.15, 0.2) is 0 Å². The zero-order valence-corrected chi connectivity index (χ0v) is 12.0. The molecule has 2 aromatic rings. The molecule has 0 atom stereocenters. The van der Waals surface area contributed by atoms with Gasteiger partial charge < -0.3 is 9.88 Å². The van der Waals surface area contributed by atoms with Gasteiger partial charge in [-0.2, -0.15) is 0 Å². The van der Waals surface area contributed by atoms with E-state index in [1.807, 2.05) is 55.1 Å². The van der Waals surface area contributed by atoms with Gasteiger partial charge in [0, 0.05) is 29.0 Å². The number of halogens is 1. The van der Waals surface area contributed by atoms with Gasteiger partial charge in [0.1, 0.15) is 0 Å². The van der Waals surface area contributed by atoms with E-state index in [9.17, 15) is 4.79 Å². The molecule has 0 radical (unpaired) electrons. The Morgan fingerprint density at radius 2 is 2.17 bits per heavy atom. The summed E-state index contributed by atoms with van der Waals surface area (Å²) in [4.78, 5) is 12.0. The van der Waals surface area contributed by atoms with E-state index in [1.165, 1.54) is 0 Å². The van der Waals surface area contributed by atoms with Crippen LogP contribution in [0.25, 0.3) is 0 Å². The average molecular weight is 307 g/mol. The molecular weight excluding hydrogens is 292 g/mol. The van der Waals surface area contributed by atoms with Crippen LogP contribution >= 0.6 is 15.9 Å². The van der Waals surface area contributed by atoms with Crippen molar-refractivity contribution < 1.29 is 4.79 Å². The van der Waals surface area contributed by atoms with E-state index in [-0.39, 0.29) is 5.91 Å². The first-order valence-electron chi connectivity index (χ1n) is 5.72. The lowest BCUT2D eigenvalue weighted by Crippen LogP contribution is -2.23. The standard InChI is InChI=1S/C14H15BrN2O/c1-10-6-11(8-12(15)7-10)14(18)16-9-13-4-3-5-17(13)2/h3-8H,9H2,1-2H3,(H,16,18). The van der Waals surface area contributed by atoms with Crippen molar-refractivity contribution in [2.75, 3.05) is 0 Å². The molecule has 0 unspecified atom stereocenters. The summed E-state index contributed by atoms with van der Waals surface area (Å²) in [6.07, 6.45) is 1.96. The fourth-order valence-electron chi connectivity index (χ4n) is 1.82. The number of nitrogens with zero attached hydrogens (tertiary/aromatic N) is 1. The van der Waals surface area contributed by atoms with E-state index in [1.54, 1.807) is 0 Å². The van der Waals surface area contributed by atoms with Crippen LogP contribution < -0.4 is 5.32 Å². The molecule has 1 aromatic heterocycles. The number of hydrogen-bond acceptors (Lipinski definition) is 1. The predicted molar refractivity (Wildman–Crippen MR) is 75.5 cm³/mol. The van der Waals surface area contributed by atoms with E-state index in [0.29, 0.717) is 12.1 Å². The number of hydrogen-bond donors (Lipinski definition) is 1. The van der Waals surface area contributed by atoms with Crippen LogP contribution in [0.15, 0.2) is 41.0 Å². The normalized spacial score (nSPS) is 10.4. The molecule has 0 bridgehead atoms. The molecule has 0 aliphatic heterocycles. The molecular formula is C14H15BrN2O. The molecule has 1 amide bonds. The van der Waals surface area contributed by atoms with Gasteiger partial charge in [0.05, 0.1) is 6.54 Å². The van der Waals surface area contributed by atoms with Crippen molar-refractivity contribution in [3.8, 4) is 0 Å². The van der Waals surface area contributed by atoms with Crippen LogP contribution in [0.3, 0.4) is 0 Å². The summed E-state index contributed by atoms with van der Waals surface area (Å²) >= 11 is 3.40. The molecule has 0 aliphatic carbocycles. The third-order valence-electron chi connectivity index (χ3n) is 2.79. The smallest absolute Gasteiger partial charge is 0.251 e. The first-order valence-corrected chi connectivity index (χ1v) is 6.51. The van der Waals surface area contributed by atoms with Crippen LogP contribution in [-0.4, -0.2) is 10.5 Å². The Balaban J connectivity index is 2.06. The summed E-state index contributed by atoms with van der Waals surface area (Å²) < 4.78 is 2.92. The fraction of sp³-hybridized carbons (Fsp3) is 0.214. The largest absolute Gasteiger partial charge is 0.353 e. The first-order chi connectivity index (χ1) is 8.56. The van der Waals surface area contributed by atoms with Crippen molar-refractivity contribution >= 4 is 21.8 Å². The fourth-order valence-corrected chi connectivity index (χ4v) is 2.43. The molecule has 94 valence electrons. The maximum absolute atomic E-state index is 12.0. The number of aromatic nitrogens is 1. The summed E-state index contributed by atoms with van der Waals surface area (Å²) in [7, 11) is 1.96. The van der Waals surface area contributed by atoms with Gasteiger partial charge in [0.25, 0.3) is 5.91 Å². The van der Waals surface area contributed by atoms with E-state index in [2.05, 4.69) is 21.2 Å². The number of benzene rings is 1. The highest BCUT2D eigenvalue weighted by Gasteiger charge is 2.07. The van der Waals surface area contributed by atoms with Gasteiger partial charge in [-0.05, 0) is 42.8 Å². The Morgan fingerprint density at radius 3 is 2.78 bits per heavy atom. The number of carbonyl (C=O) groups is 1. The molecule has 2 rings (SSSR count). The van der Waals surface area contributed by atoms with Gasteiger partial charge in [-0.3, -0.25) is 4.79 Å². The zero-order chi connectivity index (χ0) is 13.1. The van der Waals surface area contributed by atoms with Crippen molar-refractivity contribution in [3.63, 3.8) is 0 Å².